The van der Waals surface area contributed by atoms with E-state index >= 15 is 0 Å². The maximum Gasteiger partial charge on any atom is 0.133 e. The molecule has 0 radical (unpaired) electrons. The lowest BCUT2D eigenvalue weighted by Gasteiger charge is -2.16. The van der Waals surface area contributed by atoms with Crippen LogP contribution < -0.4 is 5.32 Å². The highest BCUT2D eigenvalue weighted by Gasteiger charge is 2.15. The van der Waals surface area contributed by atoms with Crippen molar-refractivity contribution in [3.8, 4) is 11.3 Å². The predicted octanol–water partition coefficient (Wildman–Crippen LogP) is 4.71. The van der Waals surface area contributed by atoms with Gasteiger partial charge in [0.1, 0.15) is 11.6 Å². The molecule has 21 heavy (non-hydrogen) atoms. The number of hydrogen-bond acceptors (Lipinski definition) is 3. The highest BCUT2D eigenvalue weighted by Crippen LogP contribution is 2.29. The van der Waals surface area contributed by atoms with Crippen LogP contribution in [0, 0.1) is 13.8 Å². The Morgan fingerprint density at radius 1 is 1.10 bits per heavy atom. The van der Waals surface area contributed by atoms with Crippen molar-refractivity contribution < 1.29 is 0 Å². The highest BCUT2D eigenvalue weighted by molar-refractivity contribution is 5.70. The van der Waals surface area contributed by atoms with Gasteiger partial charge in [-0.2, -0.15) is 0 Å². The number of aryl methyl sites for hydroxylation is 1. The van der Waals surface area contributed by atoms with Gasteiger partial charge in [-0.1, -0.05) is 45.0 Å². The summed E-state index contributed by atoms with van der Waals surface area (Å²) in [6.07, 6.45) is 1.08. The Labute approximate surface area is 127 Å². The van der Waals surface area contributed by atoms with Crippen molar-refractivity contribution in [2.45, 2.75) is 47.0 Å². The van der Waals surface area contributed by atoms with E-state index in [0.29, 0.717) is 5.92 Å². The average molecular weight is 283 g/mol. The first kappa shape index (κ1) is 15.5. The summed E-state index contributed by atoms with van der Waals surface area (Å²) in [5, 5.41) is 3.44. The third kappa shape index (κ3) is 3.41. The Bertz CT molecular complexity index is 618. The smallest absolute Gasteiger partial charge is 0.133 e. The summed E-state index contributed by atoms with van der Waals surface area (Å²) in [7, 11) is 0. The average Bonchev–Trinajstić information content (AvgIpc) is 2.47. The summed E-state index contributed by atoms with van der Waals surface area (Å²) in [5.74, 6) is 2.18. The Morgan fingerprint density at radius 3 is 2.43 bits per heavy atom. The zero-order valence-corrected chi connectivity index (χ0v) is 13.7. The van der Waals surface area contributed by atoms with Gasteiger partial charge in [-0.15, -0.1) is 0 Å². The van der Waals surface area contributed by atoms with Crippen molar-refractivity contribution in [2.24, 2.45) is 0 Å². The normalized spacial score (nSPS) is 11.0. The van der Waals surface area contributed by atoms with Crippen LogP contribution in [-0.2, 0) is 0 Å². The maximum absolute atomic E-state index is 4.82. The molecule has 1 aromatic carbocycles. The summed E-state index contributed by atoms with van der Waals surface area (Å²) in [6, 6.07) is 8.40. The van der Waals surface area contributed by atoms with Gasteiger partial charge in [-0.25, -0.2) is 9.97 Å². The molecule has 1 aromatic heterocycles. The molecule has 112 valence electrons. The lowest BCUT2D eigenvalue weighted by molar-refractivity contribution is 0.772. The molecule has 0 atom stereocenters. The summed E-state index contributed by atoms with van der Waals surface area (Å²) in [5.41, 5.74) is 4.61. The molecule has 0 aliphatic rings. The van der Waals surface area contributed by atoms with Crippen molar-refractivity contribution in [3.63, 3.8) is 0 Å². The molecule has 0 saturated carbocycles. The van der Waals surface area contributed by atoms with Gasteiger partial charge in [0.15, 0.2) is 0 Å². The summed E-state index contributed by atoms with van der Waals surface area (Å²) in [6.45, 7) is 11.6. The molecule has 1 heterocycles. The van der Waals surface area contributed by atoms with Gasteiger partial charge < -0.3 is 5.32 Å². The van der Waals surface area contributed by atoms with Gasteiger partial charge >= 0.3 is 0 Å². The van der Waals surface area contributed by atoms with Gasteiger partial charge in [0.25, 0.3) is 0 Å². The SMILES string of the molecule is CCCNc1nc(C(C)C)nc(-c2ccccc2C)c1C. The van der Waals surface area contributed by atoms with Crippen LogP contribution in [0.1, 0.15) is 50.1 Å². The standard InChI is InChI=1S/C18H25N3/c1-6-11-19-18-14(5)16(20-17(21-18)12(2)3)15-10-8-7-9-13(15)4/h7-10,12H,6,11H2,1-5H3,(H,19,20,21). The van der Waals surface area contributed by atoms with Crippen LogP contribution in [0.25, 0.3) is 11.3 Å². The second kappa shape index (κ2) is 6.70. The molecular weight excluding hydrogens is 258 g/mol. The van der Waals surface area contributed by atoms with Crippen molar-refractivity contribution in [3.05, 3.63) is 41.2 Å². The molecule has 0 aliphatic carbocycles. The minimum atomic E-state index is 0.315. The third-order valence-electron chi connectivity index (χ3n) is 3.62. The Balaban J connectivity index is 2.58. The number of aromatic nitrogens is 2. The van der Waals surface area contributed by atoms with Crippen LogP contribution in [0.3, 0.4) is 0 Å². The fourth-order valence-corrected chi connectivity index (χ4v) is 2.31. The lowest BCUT2D eigenvalue weighted by atomic mass is 10.0. The van der Waals surface area contributed by atoms with Crippen LogP contribution >= 0.6 is 0 Å². The number of nitrogens with one attached hydrogen (secondary N) is 1. The Morgan fingerprint density at radius 2 is 1.81 bits per heavy atom. The monoisotopic (exact) mass is 283 g/mol. The van der Waals surface area contributed by atoms with Crippen LogP contribution in [0.2, 0.25) is 0 Å². The molecule has 0 spiro atoms. The van der Waals surface area contributed by atoms with Crippen LogP contribution in [0.5, 0.6) is 0 Å². The van der Waals surface area contributed by atoms with Gasteiger partial charge in [0.05, 0.1) is 5.69 Å². The topological polar surface area (TPSA) is 37.8 Å². The largest absolute Gasteiger partial charge is 0.370 e. The van der Waals surface area contributed by atoms with E-state index < -0.39 is 0 Å². The molecule has 0 fully saturated rings. The van der Waals surface area contributed by atoms with E-state index in [4.69, 9.17) is 9.97 Å². The van der Waals surface area contributed by atoms with Crippen LogP contribution in [0.4, 0.5) is 5.82 Å². The number of nitrogens with zero attached hydrogens (tertiary/aromatic N) is 2. The summed E-state index contributed by atoms with van der Waals surface area (Å²) >= 11 is 0. The summed E-state index contributed by atoms with van der Waals surface area (Å²) in [4.78, 5) is 9.52. The Kier molecular flexibility index (Phi) is 4.94. The first-order chi connectivity index (χ1) is 10.0. The van der Waals surface area contributed by atoms with Gasteiger partial charge in [-0.05, 0) is 25.8 Å². The molecule has 3 nitrogen and oxygen atoms in total. The van der Waals surface area contributed by atoms with Crippen molar-refractivity contribution in [1.82, 2.24) is 9.97 Å². The van der Waals surface area contributed by atoms with E-state index in [-0.39, 0.29) is 0 Å². The molecular formula is C18H25N3. The van der Waals surface area contributed by atoms with Gasteiger partial charge in [-0.3, -0.25) is 0 Å². The molecule has 0 bridgehead atoms. The maximum atomic E-state index is 4.82. The molecule has 2 aromatic rings. The van der Waals surface area contributed by atoms with Gasteiger partial charge in [0, 0.05) is 23.6 Å². The molecule has 2 rings (SSSR count). The van der Waals surface area contributed by atoms with Gasteiger partial charge in [0.2, 0.25) is 0 Å². The number of benzene rings is 1. The van der Waals surface area contributed by atoms with Crippen LogP contribution in [-0.4, -0.2) is 16.5 Å². The van der Waals surface area contributed by atoms with E-state index in [1.165, 1.54) is 11.1 Å². The highest BCUT2D eigenvalue weighted by atomic mass is 15.0. The predicted molar refractivity (Wildman–Crippen MR) is 89.8 cm³/mol. The Hall–Kier alpha value is -1.90. The minimum absolute atomic E-state index is 0.315. The fraction of sp³-hybridized carbons (Fsp3) is 0.444. The second-order valence-corrected chi connectivity index (χ2v) is 5.80. The fourth-order valence-electron chi connectivity index (χ4n) is 2.31. The van der Waals surface area contributed by atoms with Crippen molar-refractivity contribution >= 4 is 5.82 Å². The molecule has 0 saturated heterocycles. The summed E-state index contributed by atoms with van der Waals surface area (Å²) < 4.78 is 0. The first-order valence-corrected chi connectivity index (χ1v) is 7.73. The molecule has 1 N–H and O–H groups in total. The molecule has 3 heteroatoms. The van der Waals surface area contributed by atoms with E-state index in [2.05, 4.69) is 64.2 Å². The van der Waals surface area contributed by atoms with E-state index in [9.17, 15) is 0 Å². The molecule has 0 amide bonds. The number of anilines is 1. The van der Waals surface area contributed by atoms with E-state index in [1.54, 1.807) is 0 Å². The van der Waals surface area contributed by atoms with Crippen molar-refractivity contribution in [2.75, 3.05) is 11.9 Å². The lowest BCUT2D eigenvalue weighted by Crippen LogP contribution is -2.10. The quantitative estimate of drug-likeness (QED) is 0.863. The minimum Gasteiger partial charge on any atom is -0.370 e. The number of hydrogen-bond donors (Lipinski definition) is 1. The van der Waals surface area contributed by atoms with Crippen molar-refractivity contribution in [1.29, 1.82) is 0 Å². The second-order valence-electron chi connectivity index (χ2n) is 5.80. The zero-order valence-electron chi connectivity index (χ0n) is 13.7. The molecule has 0 unspecified atom stereocenters. The zero-order chi connectivity index (χ0) is 15.4. The first-order valence-electron chi connectivity index (χ1n) is 7.73. The van der Waals surface area contributed by atoms with E-state index in [0.717, 1.165) is 35.9 Å². The molecule has 0 aliphatic heterocycles. The number of rotatable bonds is 5. The van der Waals surface area contributed by atoms with Crippen LogP contribution in [0.15, 0.2) is 24.3 Å². The van der Waals surface area contributed by atoms with E-state index in [1.807, 2.05) is 0 Å². The third-order valence-corrected chi connectivity index (χ3v) is 3.62.